The maximum atomic E-state index is 5.54. The molecule has 170 valence electrons. The molecule has 33 heavy (non-hydrogen) atoms. The molecule has 0 atom stereocenters. The van der Waals surface area contributed by atoms with Crippen molar-refractivity contribution in [2.75, 3.05) is 47.1 Å². The van der Waals surface area contributed by atoms with Crippen molar-refractivity contribution >= 4 is 10.9 Å². The van der Waals surface area contributed by atoms with E-state index in [1.54, 1.807) is 14.2 Å². The van der Waals surface area contributed by atoms with Crippen molar-refractivity contribution in [2.24, 2.45) is 0 Å². The standard InChI is InChI=1S/C27H29N3O3/c1-31-23-5-3-4-20(15-23)21-14-22(18-28-17-21)26-19-30(9-8-29-10-12-33-13-11-29)27-7-6-24(32-2)16-25(26)27/h3-7,14-19H,8-13H2,1-2H3. The van der Waals surface area contributed by atoms with E-state index in [4.69, 9.17) is 14.2 Å². The highest BCUT2D eigenvalue weighted by Crippen LogP contribution is 2.35. The monoisotopic (exact) mass is 443 g/mol. The summed E-state index contributed by atoms with van der Waals surface area (Å²) in [6.45, 7) is 5.54. The molecule has 0 N–H and O–H groups in total. The maximum Gasteiger partial charge on any atom is 0.119 e. The van der Waals surface area contributed by atoms with Gasteiger partial charge in [0.25, 0.3) is 0 Å². The summed E-state index contributed by atoms with van der Waals surface area (Å²) < 4.78 is 18.8. The van der Waals surface area contributed by atoms with Crippen LogP contribution in [0.2, 0.25) is 0 Å². The Hall–Kier alpha value is -3.35. The summed E-state index contributed by atoms with van der Waals surface area (Å²) in [4.78, 5) is 7.03. The average Bonchev–Trinajstić information content (AvgIpc) is 3.26. The number of hydrogen-bond donors (Lipinski definition) is 0. The van der Waals surface area contributed by atoms with Gasteiger partial charge in [-0.25, -0.2) is 0 Å². The van der Waals surface area contributed by atoms with Gasteiger partial charge < -0.3 is 18.8 Å². The van der Waals surface area contributed by atoms with Crippen LogP contribution in [-0.4, -0.2) is 61.5 Å². The summed E-state index contributed by atoms with van der Waals surface area (Å²) in [7, 11) is 3.40. The minimum atomic E-state index is 0.817. The number of ether oxygens (including phenoxy) is 3. The van der Waals surface area contributed by atoms with Crippen molar-refractivity contribution in [3.63, 3.8) is 0 Å². The highest BCUT2D eigenvalue weighted by atomic mass is 16.5. The molecule has 6 heteroatoms. The van der Waals surface area contributed by atoms with Crippen LogP contribution in [0.1, 0.15) is 0 Å². The van der Waals surface area contributed by atoms with Gasteiger partial charge in [0.05, 0.1) is 27.4 Å². The van der Waals surface area contributed by atoms with Crippen LogP contribution >= 0.6 is 0 Å². The van der Waals surface area contributed by atoms with Crippen LogP contribution in [0.4, 0.5) is 0 Å². The molecule has 0 spiro atoms. The van der Waals surface area contributed by atoms with Crippen molar-refractivity contribution in [2.45, 2.75) is 6.54 Å². The van der Waals surface area contributed by atoms with Gasteiger partial charge in [0, 0.05) is 72.4 Å². The molecule has 0 aliphatic carbocycles. The molecule has 0 bridgehead atoms. The highest BCUT2D eigenvalue weighted by Gasteiger charge is 2.15. The van der Waals surface area contributed by atoms with Gasteiger partial charge in [-0.05, 0) is 42.0 Å². The normalized spacial score (nSPS) is 14.5. The quantitative estimate of drug-likeness (QED) is 0.414. The molecule has 2 aromatic heterocycles. The Labute approximate surface area is 194 Å². The predicted molar refractivity (Wildman–Crippen MR) is 131 cm³/mol. The first-order chi connectivity index (χ1) is 16.2. The molecule has 1 saturated heterocycles. The van der Waals surface area contributed by atoms with E-state index in [0.717, 1.165) is 73.1 Å². The zero-order valence-corrected chi connectivity index (χ0v) is 19.2. The van der Waals surface area contributed by atoms with Gasteiger partial charge in [0.15, 0.2) is 0 Å². The second-order valence-corrected chi connectivity index (χ2v) is 8.27. The van der Waals surface area contributed by atoms with E-state index in [1.807, 2.05) is 36.7 Å². The number of benzene rings is 2. The number of rotatable bonds is 7. The minimum Gasteiger partial charge on any atom is -0.497 e. The van der Waals surface area contributed by atoms with Gasteiger partial charge in [0.1, 0.15) is 11.5 Å². The van der Waals surface area contributed by atoms with Crippen LogP contribution in [0, 0.1) is 0 Å². The minimum absolute atomic E-state index is 0.817. The summed E-state index contributed by atoms with van der Waals surface area (Å²) in [5.41, 5.74) is 5.58. The van der Waals surface area contributed by atoms with E-state index < -0.39 is 0 Å². The van der Waals surface area contributed by atoms with Crippen LogP contribution in [0.5, 0.6) is 11.5 Å². The molecule has 3 heterocycles. The molecule has 2 aromatic carbocycles. The van der Waals surface area contributed by atoms with E-state index in [-0.39, 0.29) is 0 Å². The molecule has 1 fully saturated rings. The fraction of sp³-hybridized carbons (Fsp3) is 0.296. The van der Waals surface area contributed by atoms with Gasteiger partial charge in [0.2, 0.25) is 0 Å². The third-order valence-corrected chi connectivity index (χ3v) is 6.30. The molecule has 0 saturated carbocycles. The largest absolute Gasteiger partial charge is 0.497 e. The smallest absolute Gasteiger partial charge is 0.119 e. The topological polar surface area (TPSA) is 48.8 Å². The number of fused-ring (bicyclic) bond motifs is 1. The third kappa shape index (κ3) is 4.58. The lowest BCUT2D eigenvalue weighted by molar-refractivity contribution is 0.0365. The molecule has 5 rings (SSSR count). The molecule has 1 aliphatic heterocycles. The first-order valence-corrected chi connectivity index (χ1v) is 11.3. The first kappa shape index (κ1) is 21.5. The zero-order valence-electron chi connectivity index (χ0n) is 19.2. The first-order valence-electron chi connectivity index (χ1n) is 11.3. The Morgan fingerprint density at radius 3 is 2.45 bits per heavy atom. The van der Waals surface area contributed by atoms with Crippen LogP contribution in [0.25, 0.3) is 33.2 Å². The summed E-state index contributed by atoms with van der Waals surface area (Å²) in [6.07, 6.45) is 6.08. The lowest BCUT2D eigenvalue weighted by Gasteiger charge is -2.26. The van der Waals surface area contributed by atoms with E-state index in [1.165, 1.54) is 10.9 Å². The van der Waals surface area contributed by atoms with Gasteiger partial charge in [-0.2, -0.15) is 0 Å². The van der Waals surface area contributed by atoms with Crippen molar-refractivity contribution < 1.29 is 14.2 Å². The second kappa shape index (κ2) is 9.65. The highest BCUT2D eigenvalue weighted by molar-refractivity contribution is 5.97. The molecular weight excluding hydrogens is 414 g/mol. The second-order valence-electron chi connectivity index (χ2n) is 8.27. The van der Waals surface area contributed by atoms with Crippen LogP contribution < -0.4 is 9.47 Å². The van der Waals surface area contributed by atoms with Gasteiger partial charge in [-0.3, -0.25) is 9.88 Å². The lowest BCUT2D eigenvalue weighted by Crippen LogP contribution is -2.38. The Morgan fingerprint density at radius 2 is 1.64 bits per heavy atom. The van der Waals surface area contributed by atoms with Gasteiger partial charge in [-0.1, -0.05) is 12.1 Å². The third-order valence-electron chi connectivity index (χ3n) is 6.30. The Bertz CT molecular complexity index is 1240. The SMILES string of the molecule is COc1cccc(-c2cncc(-c3cn(CCN4CCOCC4)c4ccc(OC)cc34)c2)c1. The fourth-order valence-corrected chi connectivity index (χ4v) is 4.44. The number of nitrogens with zero attached hydrogens (tertiary/aromatic N) is 3. The van der Waals surface area contributed by atoms with Crippen molar-refractivity contribution in [1.82, 2.24) is 14.5 Å². The number of morpholine rings is 1. The van der Waals surface area contributed by atoms with Crippen LogP contribution in [-0.2, 0) is 11.3 Å². The summed E-state index contributed by atoms with van der Waals surface area (Å²) in [5.74, 6) is 1.69. The molecule has 1 aliphatic rings. The zero-order chi connectivity index (χ0) is 22.6. The van der Waals surface area contributed by atoms with Crippen LogP contribution in [0.3, 0.4) is 0 Å². The van der Waals surface area contributed by atoms with Crippen molar-refractivity contribution in [3.05, 3.63) is 67.1 Å². The summed E-state index contributed by atoms with van der Waals surface area (Å²) >= 11 is 0. The summed E-state index contributed by atoms with van der Waals surface area (Å²) in [6, 6.07) is 16.6. The summed E-state index contributed by atoms with van der Waals surface area (Å²) in [5, 5.41) is 1.17. The molecule has 0 amide bonds. The molecule has 4 aromatic rings. The predicted octanol–water partition coefficient (Wildman–Crippen LogP) is 4.72. The fourth-order valence-electron chi connectivity index (χ4n) is 4.44. The van der Waals surface area contributed by atoms with E-state index in [9.17, 15) is 0 Å². The molecule has 6 nitrogen and oxygen atoms in total. The van der Waals surface area contributed by atoms with E-state index >= 15 is 0 Å². The number of hydrogen-bond acceptors (Lipinski definition) is 5. The Balaban J connectivity index is 1.53. The van der Waals surface area contributed by atoms with E-state index in [2.05, 4.69) is 44.9 Å². The maximum absolute atomic E-state index is 5.54. The van der Waals surface area contributed by atoms with Gasteiger partial charge in [-0.15, -0.1) is 0 Å². The van der Waals surface area contributed by atoms with Crippen molar-refractivity contribution in [3.8, 4) is 33.8 Å². The molecular formula is C27H29N3O3. The molecule has 0 radical (unpaired) electrons. The Morgan fingerprint density at radius 1 is 0.848 bits per heavy atom. The molecule has 0 unspecified atom stereocenters. The number of aromatic nitrogens is 2. The van der Waals surface area contributed by atoms with Crippen molar-refractivity contribution in [1.29, 1.82) is 0 Å². The number of methoxy groups -OCH3 is 2. The number of pyridine rings is 1. The van der Waals surface area contributed by atoms with Gasteiger partial charge >= 0.3 is 0 Å². The van der Waals surface area contributed by atoms with E-state index in [0.29, 0.717) is 0 Å². The van der Waals surface area contributed by atoms with Crippen LogP contribution in [0.15, 0.2) is 67.1 Å². The average molecular weight is 444 g/mol. The Kier molecular flexibility index (Phi) is 6.28. The lowest BCUT2D eigenvalue weighted by atomic mass is 10.0.